The first-order valence-corrected chi connectivity index (χ1v) is 5.26. The van der Waals surface area contributed by atoms with Crippen LogP contribution in [0.4, 0.5) is 0 Å². The van der Waals surface area contributed by atoms with Crippen molar-refractivity contribution in [1.29, 1.82) is 5.41 Å². The highest BCUT2D eigenvalue weighted by Gasteiger charge is 2.03. The second-order valence-corrected chi connectivity index (χ2v) is 3.59. The minimum Gasteiger partial charge on any atom is -0.294 e. The van der Waals surface area contributed by atoms with Crippen LogP contribution in [0.1, 0.15) is 13.3 Å². The summed E-state index contributed by atoms with van der Waals surface area (Å²) in [6.07, 6.45) is 6.20. The third-order valence-corrected chi connectivity index (χ3v) is 2.36. The molecule has 0 amide bonds. The summed E-state index contributed by atoms with van der Waals surface area (Å²) in [6, 6.07) is 9.98. The van der Waals surface area contributed by atoms with E-state index in [1.807, 2.05) is 49.9 Å². The van der Waals surface area contributed by atoms with Crippen LogP contribution < -0.4 is 0 Å². The highest BCUT2D eigenvalue weighted by atomic mass is 15.1. The van der Waals surface area contributed by atoms with Crippen molar-refractivity contribution >= 4 is 5.84 Å². The molecule has 0 bridgehead atoms. The van der Waals surface area contributed by atoms with E-state index >= 15 is 0 Å². The molecule has 3 nitrogen and oxygen atoms in total. The Labute approximate surface area is 95.3 Å². The second kappa shape index (κ2) is 4.75. The van der Waals surface area contributed by atoms with E-state index in [1.54, 1.807) is 10.9 Å². The number of rotatable bonds is 3. The van der Waals surface area contributed by atoms with Crippen molar-refractivity contribution in [3.05, 3.63) is 49.3 Å². The van der Waals surface area contributed by atoms with Gasteiger partial charge >= 0.3 is 0 Å². The van der Waals surface area contributed by atoms with Gasteiger partial charge in [0.15, 0.2) is 0 Å². The molecular formula is C13H14N3. The molecular weight excluding hydrogens is 198 g/mol. The van der Waals surface area contributed by atoms with E-state index < -0.39 is 0 Å². The smallest absolute Gasteiger partial charge is 0.105 e. The van der Waals surface area contributed by atoms with E-state index in [-0.39, 0.29) is 0 Å². The van der Waals surface area contributed by atoms with Crippen LogP contribution in [-0.2, 0) is 0 Å². The second-order valence-electron chi connectivity index (χ2n) is 3.59. The zero-order chi connectivity index (χ0) is 11.4. The summed E-state index contributed by atoms with van der Waals surface area (Å²) in [5.41, 5.74) is 1.98. The molecule has 0 saturated heterocycles. The first-order valence-electron chi connectivity index (χ1n) is 5.26. The normalized spacial score (nSPS) is 10.3. The van der Waals surface area contributed by atoms with Crippen molar-refractivity contribution in [2.75, 3.05) is 0 Å². The van der Waals surface area contributed by atoms with Crippen molar-refractivity contribution in [3.8, 4) is 11.3 Å². The Hall–Kier alpha value is -1.90. The van der Waals surface area contributed by atoms with Crippen LogP contribution in [0.15, 0.2) is 42.9 Å². The minimum atomic E-state index is 0.539. The molecule has 0 aliphatic heterocycles. The van der Waals surface area contributed by atoms with E-state index in [9.17, 15) is 0 Å². The number of hydrogen-bond acceptors (Lipinski definition) is 2. The number of nitrogens with one attached hydrogen (secondary N) is 1. The van der Waals surface area contributed by atoms with E-state index in [0.717, 1.165) is 11.3 Å². The molecule has 1 N–H and O–H groups in total. The molecule has 0 fully saturated rings. The van der Waals surface area contributed by atoms with Gasteiger partial charge in [0.05, 0.1) is 5.69 Å². The lowest BCUT2D eigenvalue weighted by Gasteiger charge is -2.00. The predicted molar refractivity (Wildman–Crippen MR) is 65.4 cm³/mol. The third-order valence-electron chi connectivity index (χ3n) is 2.36. The SMILES string of the molecule is C[CH]CC(=N)n1cnc(-c2ccccc2)c1. The fourth-order valence-electron chi connectivity index (χ4n) is 1.53. The van der Waals surface area contributed by atoms with E-state index in [4.69, 9.17) is 5.41 Å². The Morgan fingerprint density at radius 2 is 2.12 bits per heavy atom. The van der Waals surface area contributed by atoms with Gasteiger partial charge in [-0.2, -0.15) is 0 Å². The summed E-state index contributed by atoms with van der Waals surface area (Å²) < 4.78 is 1.75. The summed E-state index contributed by atoms with van der Waals surface area (Å²) in [6.45, 7) is 1.95. The molecule has 0 aliphatic carbocycles. The average molecular weight is 212 g/mol. The predicted octanol–water partition coefficient (Wildman–Crippen LogP) is 2.99. The molecule has 81 valence electrons. The Bertz CT molecular complexity index is 471. The summed E-state index contributed by atoms with van der Waals surface area (Å²) in [5.74, 6) is 0.539. The van der Waals surface area contributed by atoms with Crippen LogP contribution in [0.3, 0.4) is 0 Å². The van der Waals surface area contributed by atoms with Crippen molar-refractivity contribution in [1.82, 2.24) is 9.55 Å². The largest absolute Gasteiger partial charge is 0.294 e. The monoisotopic (exact) mass is 212 g/mol. The summed E-state index contributed by atoms with van der Waals surface area (Å²) in [5, 5.41) is 7.80. The Morgan fingerprint density at radius 1 is 1.38 bits per heavy atom. The highest BCUT2D eigenvalue weighted by Crippen LogP contribution is 2.15. The van der Waals surface area contributed by atoms with Crippen molar-refractivity contribution in [2.45, 2.75) is 13.3 Å². The molecule has 0 saturated carbocycles. The molecule has 0 unspecified atom stereocenters. The molecule has 2 aromatic rings. The first kappa shape index (κ1) is 10.6. The molecule has 1 radical (unpaired) electrons. The lowest BCUT2D eigenvalue weighted by Crippen LogP contribution is -2.07. The molecule has 2 rings (SSSR count). The van der Waals surface area contributed by atoms with E-state index in [1.165, 1.54) is 0 Å². The summed E-state index contributed by atoms with van der Waals surface area (Å²) in [7, 11) is 0. The Kier molecular flexibility index (Phi) is 3.15. The van der Waals surface area contributed by atoms with Crippen LogP contribution in [0.25, 0.3) is 11.3 Å². The van der Waals surface area contributed by atoms with E-state index in [0.29, 0.717) is 12.3 Å². The minimum absolute atomic E-state index is 0.539. The number of imidazole rings is 1. The van der Waals surface area contributed by atoms with Gasteiger partial charge in [0.1, 0.15) is 12.2 Å². The topological polar surface area (TPSA) is 41.7 Å². The highest BCUT2D eigenvalue weighted by molar-refractivity contribution is 5.83. The Balaban J connectivity index is 2.23. The Morgan fingerprint density at radius 3 is 2.81 bits per heavy atom. The fraction of sp³-hybridized carbons (Fsp3) is 0.154. The first-order chi connectivity index (χ1) is 7.81. The van der Waals surface area contributed by atoms with Crippen molar-refractivity contribution in [2.24, 2.45) is 0 Å². The van der Waals surface area contributed by atoms with Gasteiger partial charge < -0.3 is 0 Å². The van der Waals surface area contributed by atoms with Gasteiger partial charge in [-0.1, -0.05) is 37.3 Å². The quantitative estimate of drug-likeness (QED) is 0.616. The zero-order valence-electron chi connectivity index (χ0n) is 9.22. The molecule has 1 aromatic heterocycles. The number of benzene rings is 1. The summed E-state index contributed by atoms with van der Waals surface area (Å²) in [4.78, 5) is 4.30. The van der Waals surface area contributed by atoms with Crippen molar-refractivity contribution in [3.63, 3.8) is 0 Å². The molecule has 1 aromatic carbocycles. The number of hydrogen-bond donors (Lipinski definition) is 1. The molecule has 0 aliphatic rings. The van der Waals surface area contributed by atoms with Gasteiger partial charge in [0.25, 0.3) is 0 Å². The lowest BCUT2D eigenvalue weighted by atomic mass is 10.2. The third kappa shape index (κ3) is 2.19. The van der Waals surface area contributed by atoms with Crippen LogP contribution in [0, 0.1) is 11.8 Å². The maximum absolute atomic E-state index is 7.80. The summed E-state index contributed by atoms with van der Waals surface area (Å²) >= 11 is 0. The van der Waals surface area contributed by atoms with Gasteiger partial charge in [-0.3, -0.25) is 9.98 Å². The standard InChI is InChI=1S/C13H14N3/c1-2-6-13(14)16-9-12(15-10-16)11-7-4-3-5-8-11/h2-5,7-10,14H,6H2,1H3. The van der Waals surface area contributed by atoms with Gasteiger partial charge in [0.2, 0.25) is 0 Å². The van der Waals surface area contributed by atoms with Gasteiger partial charge in [-0.15, -0.1) is 0 Å². The average Bonchev–Trinajstić information content (AvgIpc) is 2.80. The maximum atomic E-state index is 7.80. The molecule has 1 heterocycles. The van der Waals surface area contributed by atoms with E-state index in [2.05, 4.69) is 4.98 Å². The van der Waals surface area contributed by atoms with Gasteiger partial charge in [-0.05, 0) is 6.42 Å². The maximum Gasteiger partial charge on any atom is 0.105 e. The van der Waals surface area contributed by atoms with Crippen LogP contribution >= 0.6 is 0 Å². The molecule has 0 spiro atoms. The number of nitrogens with zero attached hydrogens (tertiary/aromatic N) is 2. The van der Waals surface area contributed by atoms with Crippen LogP contribution in [-0.4, -0.2) is 15.4 Å². The lowest BCUT2D eigenvalue weighted by molar-refractivity contribution is 1.04. The van der Waals surface area contributed by atoms with Crippen molar-refractivity contribution < 1.29 is 0 Å². The molecule has 16 heavy (non-hydrogen) atoms. The fourth-order valence-corrected chi connectivity index (χ4v) is 1.53. The van der Waals surface area contributed by atoms with Gasteiger partial charge in [0, 0.05) is 18.2 Å². The van der Waals surface area contributed by atoms with Crippen LogP contribution in [0.2, 0.25) is 0 Å². The molecule has 3 heteroatoms. The van der Waals surface area contributed by atoms with Crippen LogP contribution in [0.5, 0.6) is 0 Å². The number of aromatic nitrogens is 2. The van der Waals surface area contributed by atoms with Gasteiger partial charge in [-0.25, -0.2) is 4.98 Å². The zero-order valence-corrected chi connectivity index (χ0v) is 9.22. The molecule has 0 atom stereocenters.